The Morgan fingerprint density at radius 3 is 2.63 bits per heavy atom. The lowest BCUT2D eigenvalue weighted by Gasteiger charge is -2.36. The van der Waals surface area contributed by atoms with Gasteiger partial charge in [-0.2, -0.15) is 5.10 Å². The van der Waals surface area contributed by atoms with E-state index >= 15 is 0 Å². The number of hydrogen-bond donors (Lipinski definition) is 1. The maximum atomic E-state index is 12.3. The zero-order chi connectivity index (χ0) is 19.1. The summed E-state index contributed by atoms with van der Waals surface area (Å²) in [4.78, 5) is 31.9. The van der Waals surface area contributed by atoms with Gasteiger partial charge in [0.1, 0.15) is 5.75 Å². The number of aromatic nitrogens is 1. The van der Waals surface area contributed by atoms with E-state index in [1.54, 1.807) is 31.6 Å². The first-order valence-electron chi connectivity index (χ1n) is 8.59. The van der Waals surface area contributed by atoms with Crippen LogP contribution in [0, 0.1) is 0 Å². The van der Waals surface area contributed by atoms with Crippen LogP contribution in [0.15, 0.2) is 53.9 Å². The number of pyridine rings is 1. The molecule has 0 spiro atoms. The number of carbonyl (C=O) groups excluding carboxylic acids is 2. The molecule has 2 heterocycles. The van der Waals surface area contributed by atoms with Gasteiger partial charge in [-0.3, -0.25) is 14.6 Å². The van der Waals surface area contributed by atoms with E-state index in [1.807, 2.05) is 24.3 Å². The topological polar surface area (TPSA) is 87.1 Å². The van der Waals surface area contributed by atoms with Crippen molar-refractivity contribution in [2.45, 2.75) is 0 Å². The Labute approximate surface area is 157 Å². The van der Waals surface area contributed by atoms with Gasteiger partial charge in [-0.15, -0.1) is 0 Å². The number of benzene rings is 1. The Morgan fingerprint density at radius 2 is 1.93 bits per heavy atom. The number of carbonyl (C=O) groups is 2. The van der Waals surface area contributed by atoms with Gasteiger partial charge in [-0.05, 0) is 18.2 Å². The average molecular weight is 367 g/mol. The number of hydrogen-bond acceptors (Lipinski definition) is 6. The first-order valence-corrected chi connectivity index (χ1v) is 8.59. The average Bonchev–Trinajstić information content (AvgIpc) is 2.74. The quantitative estimate of drug-likeness (QED) is 0.493. The van der Waals surface area contributed by atoms with Crippen molar-refractivity contribution in [1.29, 1.82) is 0 Å². The molecule has 2 amide bonds. The Balaban J connectivity index is 1.52. The van der Waals surface area contributed by atoms with E-state index in [0.29, 0.717) is 26.2 Å². The molecule has 140 valence electrons. The van der Waals surface area contributed by atoms with Crippen LogP contribution >= 0.6 is 0 Å². The van der Waals surface area contributed by atoms with Crippen molar-refractivity contribution in [3.8, 4) is 5.75 Å². The van der Waals surface area contributed by atoms with E-state index in [2.05, 4.69) is 20.4 Å². The summed E-state index contributed by atoms with van der Waals surface area (Å²) in [5.41, 5.74) is 3.98. The molecule has 1 saturated heterocycles. The largest absolute Gasteiger partial charge is 0.495 e. The highest BCUT2D eigenvalue weighted by Gasteiger charge is 2.26. The molecule has 8 nitrogen and oxygen atoms in total. The molecule has 2 aromatic rings. The van der Waals surface area contributed by atoms with Crippen LogP contribution < -0.4 is 15.1 Å². The monoisotopic (exact) mass is 367 g/mol. The van der Waals surface area contributed by atoms with Crippen LogP contribution in [0.5, 0.6) is 5.75 Å². The van der Waals surface area contributed by atoms with Gasteiger partial charge in [-0.25, -0.2) is 5.43 Å². The molecule has 1 aromatic carbocycles. The molecule has 27 heavy (non-hydrogen) atoms. The number of ether oxygens (including phenoxy) is 1. The van der Waals surface area contributed by atoms with Crippen LogP contribution in [0.4, 0.5) is 5.69 Å². The van der Waals surface area contributed by atoms with Crippen molar-refractivity contribution in [2.75, 3.05) is 38.2 Å². The molecule has 1 aliphatic heterocycles. The van der Waals surface area contributed by atoms with Crippen LogP contribution in [-0.4, -0.2) is 61.2 Å². The molecular weight excluding hydrogens is 346 g/mol. The van der Waals surface area contributed by atoms with Gasteiger partial charge in [0.25, 0.3) is 0 Å². The van der Waals surface area contributed by atoms with Crippen molar-refractivity contribution < 1.29 is 14.3 Å². The molecule has 0 aliphatic carbocycles. The van der Waals surface area contributed by atoms with Crippen molar-refractivity contribution in [3.05, 3.63) is 54.4 Å². The highest BCUT2D eigenvalue weighted by atomic mass is 16.5. The van der Waals surface area contributed by atoms with Crippen molar-refractivity contribution in [1.82, 2.24) is 15.3 Å². The molecule has 1 N–H and O–H groups in total. The maximum absolute atomic E-state index is 12.3. The third-order valence-corrected chi connectivity index (χ3v) is 4.25. The van der Waals surface area contributed by atoms with E-state index < -0.39 is 11.8 Å². The van der Waals surface area contributed by atoms with E-state index in [1.165, 1.54) is 11.1 Å². The van der Waals surface area contributed by atoms with E-state index in [-0.39, 0.29) is 0 Å². The van der Waals surface area contributed by atoms with Crippen LogP contribution in [-0.2, 0) is 9.59 Å². The van der Waals surface area contributed by atoms with Crippen LogP contribution in [0.3, 0.4) is 0 Å². The molecule has 1 aliphatic rings. The lowest BCUT2D eigenvalue weighted by atomic mass is 10.2. The second-order valence-corrected chi connectivity index (χ2v) is 5.94. The third-order valence-electron chi connectivity index (χ3n) is 4.25. The number of rotatable bonds is 4. The fourth-order valence-electron chi connectivity index (χ4n) is 2.85. The lowest BCUT2D eigenvalue weighted by Crippen LogP contribution is -2.52. The number of amides is 2. The van der Waals surface area contributed by atoms with Crippen LogP contribution in [0.1, 0.15) is 5.56 Å². The summed E-state index contributed by atoms with van der Waals surface area (Å²) < 4.78 is 5.39. The van der Waals surface area contributed by atoms with Crippen LogP contribution in [0.25, 0.3) is 0 Å². The third kappa shape index (κ3) is 4.60. The molecule has 0 unspecified atom stereocenters. The van der Waals surface area contributed by atoms with E-state index in [0.717, 1.165) is 17.0 Å². The van der Waals surface area contributed by atoms with E-state index in [9.17, 15) is 9.59 Å². The smallest absolute Gasteiger partial charge is 0.329 e. The Morgan fingerprint density at radius 1 is 1.15 bits per heavy atom. The molecular formula is C19H21N5O3. The number of nitrogens with one attached hydrogen (secondary N) is 1. The van der Waals surface area contributed by atoms with Crippen LogP contribution in [0.2, 0.25) is 0 Å². The molecule has 8 heteroatoms. The van der Waals surface area contributed by atoms with Crippen molar-refractivity contribution in [3.63, 3.8) is 0 Å². The highest BCUT2D eigenvalue weighted by molar-refractivity contribution is 6.35. The van der Waals surface area contributed by atoms with Gasteiger partial charge in [0, 0.05) is 44.1 Å². The first kappa shape index (κ1) is 18.4. The molecule has 1 fully saturated rings. The second kappa shape index (κ2) is 8.79. The minimum absolute atomic E-state index is 0.455. The summed E-state index contributed by atoms with van der Waals surface area (Å²) in [6, 6.07) is 11.3. The van der Waals surface area contributed by atoms with Gasteiger partial charge in [0.15, 0.2) is 0 Å². The Kier molecular flexibility index (Phi) is 5.98. The number of anilines is 1. The molecule has 3 rings (SSSR count). The van der Waals surface area contributed by atoms with Gasteiger partial charge < -0.3 is 14.5 Å². The molecule has 0 atom stereocenters. The summed E-state index contributed by atoms with van der Waals surface area (Å²) in [6.45, 7) is 2.16. The van der Waals surface area contributed by atoms with Gasteiger partial charge in [0.2, 0.25) is 0 Å². The number of hydrazone groups is 1. The van der Waals surface area contributed by atoms with Crippen molar-refractivity contribution >= 4 is 23.7 Å². The Hall–Kier alpha value is -3.42. The first-order chi connectivity index (χ1) is 13.2. The summed E-state index contributed by atoms with van der Waals surface area (Å²) in [6.07, 6.45) is 4.69. The minimum atomic E-state index is -0.749. The molecule has 0 bridgehead atoms. The molecule has 0 saturated carbocycles. The second-order valence-electron chi connectivity index (χ2n) is 5.94. The normalized spacial score (nSPS) is 14.3. The predicted molar refractivity (Wildman–Crippen MR) is 102 cm³/mol. The highest BCUT2D eigenvalue weighted by Crippen LogP contribution is 2.28. The predicted octanol–water partition coefficient (Wildman–Crippen LogP) is 0.889. The van der Waals surface area contributed by atoms with Gasteiger partial charge in [0.05, 0.1) is 19.0 Å². The zero-order valence-corrected chi connectivity index (χ0v) is 15.0. The number of piperazine rings is 1. The Bertz CT molecular complexity index is 817. The van der Waals surface area contributed by atoms with Crippen molar-refractivity contribution in [2.24, 2.45) is 5.10 Å². The maximum Gasteiger partial charge on any atom is 0.329 e. The summed E-state index contributed by atoms with van der Waals surface area (Å²) in [5, 5.41) is 3.80. The summed E-state index contributed by atoms with van der Waals surface area (Å²) in [7, 11) is 1.63. The number of methoxy groups -OCH3 is 1. The minimum Gasteiger partial charge on any atom is -0.495 e. The number of para-hydroxylation sites is 2. The molecule has 1 aromatic heterocycles. The molecule has 0 radical (unpaired) electrons. The summed E-state index contributed by atoms with van der Waals surface area (Å²) in [5.74, 6) is -0.543. The van der Waals surface area contributed by atoms with Gasteiger partial charge >= 0.3 is 11.8 Å². The number of nitrogens with zero attached hydrogens (tertiary/aromatic N) is 4. The standard InChI is InChI=1S/C19H21N5O3/c1-27-17-7-3-2-6-16(17)23-9-11-24(12-10-23)19(26)18(25)22-21-14-15-5-4-8-20-13-15/h2-8,13-14H,9-12H2,1H3,(H,22,25)/b21-14-. The fourth-order valence-corrected chi connectivity index (χ4v) is 2.85. The SMILES string of the molecule is COc1ccccc1N1CCN(C(=O)C(=O)N/N=C\c2cccnc2)CC1. The van der Waals surface area contributed by atoms with Gasteiger partial charge in [-0.1, -0.05) is 18.2 Å². The summed E-state index contributed by atoms with van der Waals surface area (Å²) >= 11 is 0. The van der Waals surface area contributed by atoms with E-state index in [4.69, 9.17) is 4.74 Å². The zero-order valence-electron chi connectivity index (χ0n) is 15.0. The fraction of sp³-hybridized carbons (Fsp3) is 0.263. The lowest BCUT2D eigenvalue weighted by molar-refractivity contribution is -0.146.